The number of carbonyl (C=O) groups is 1. The Morgan fingerprint density at radius 1 is 1.12 bits per heavy atom. The van der Waals surface area contributed by atoms with E-state index < -0.39 is 0 Å². The van der Waals surface area contributed by atoms with Crippen molar-refractivity contribution in [3.63, 3.8) is 0 Å². The van der Waals surface area contributed by atoms with Gasteiger partial charge in [0, 0.05) is 12.1 Å². The van der Waals surface area contributed by atoms with Crippen LogP contribution >= 0.6 is 0 Å². The third kappa shape index (κ3) is 2.79. The predicted octanol–water partition coefficient (Wildman–Crippen LogP) is 3.43. The van der Waals surface area contributed by atoms with Gasteiger partial charge < -0.3 is 9.64 Å². The molecule has 1 amide bonds. The van der Waals surface area contributed by atoms with Crippen molar-refractivity contribution < 1.29 is 9.53 Å². The Bertz CT molecular complexity index is 715. The largest absolute Gasteiger partial charge is 0.493 e. The van der Waals surface area contributed by atoms with Gasteiger partial charge in [-0.1, -0.05) is 31.0 Å². The van der Waals surface area contributed by atoms with E-state index in [1.165, 1.54) is 12.8 Å². The Kier molecular flexibility index (Phi) is 4.00. The van der Waals surface area contributed by atoms with E-state index in [4.69, 9.17) is 4.74 Å². The Balaban J connectivity index is 1.66. The van der Waals surface area contributed by atoms with E-state index in [-0.39, 0.29) is 5.91 Å². The summed E-state index contributed by atoms with van der Waals surface area (Å²) in [5.41, 5.74) is 1.36. The smallest absolute Gasteiger partial charge is 0.278 e. The van der Waals surface area contributed by atoms with E-state index in [1.54, 1.807) is 18.0 Å². The van der Waals surface area contributed by atoms with Gasteiger partial charge in [-0.25, -0.2) is 4.68 Å². The van der Waals surface area contributed by atoms with E-state index in [2.05, 4.69) is 10.00 Å². The summed E-state index contributed by atoms with van der Waals surface area (Å²) in [4.78, 5) is 15.3. The molecule has 1 heterocycles. The minimum Gasteiger partial charge on any atom is -0.493 e. The number of amides is 1. The Morgan fingerprint density at radius 2 is 1.79 bits per heavy atom. The van der Waals surface area contributed by atoms with Crippen LogP contribution in [-0.4, -0.2) is 39.8 Å². The first-order valence-electron chi connectivity index (χ1n) is 8.79. The van der Waals surface area contributed by atoms with E-state index in [0.717, 1.165) is 31.4 Å². The molecule has 2 aromatic rings. The van der Waals surface area contributed by atoms with Crippen molar-refractivity contribution in [2.75, 3.05) is 7.11 Å². The SMILES string of the molecule is COc1cn(-c2ccccc2)nc1C(=O)N(C1CCCC1)C1CC1. The third-order valence-corrected chi connectivity index (χ3v) is 5.02. The summed E-state index contributed by atoms with van der Waals surface area (Å²) >= 11 is 0. The van der Waals surface area contributed by atoms with Gasteiger partial charge in [0.2, 0.25) is 0 Å². The van der Waals surface area contributed by atoms with Crippen LogP contribution in [-0.2, 0) is 0 Å². The molecule has 0 saturated heterocycles. The zero-order valence-corrected chi connectivity index (χ0v) is 14.0. The summed E-state index contributed by atoms with van der Waals surface area (Å²) in [6, 6.07) is 10.6. The summed E-state index contributed by atoms with van der Waals surface area (Å²) in [7, 11) is 1.60. The van der Waals surface area contributed by atoms with Gasteiger partial charge in [-0.3, -0.25) is 4.79 Å². The molecule has 0 unspecified atom stereocenters. The minimum absolute atomic E-state index is 0.0240. The Labute approximate surface area is 142 Å². The lowest BCUT2D eigenvalue weighted by Gasteiger charge is -2.28. The van der Waals surface area contributed by atoms with Crippen LogP contribution in [0.15, 0.2) is 36.5 Å². The first kappa shape index (κ1) is 15.2. The normalized spacial score (nSPS) is 17.9. The van der Waals surface area contributed by atoms with Crippen molar-refractivity contribution >= 4 is 5.91 Å². The van der Waals surface area contributed by atoms with Gasteiger partial charge in [-0.05, 0) is 37.8 Å². The molecule has 0 atom stereocenters. The van der Waals surface area contributed by atoms with Crippen LogP contribution in [0.4, 0.5) is 0 Å². The molecule has 5 heteroatoms. The van der Waals surface area contributed by atoms with Crippen molar-refractivity contribution in [1.82, 2.24) is 14.7 Å². The van der Waals surface area contributed by atoms with Crippen LogP contribution in [0, 0.1) is 0 Å². The van der Waals surface area contributed by atoms with Crippen molar-refractivity contribution in [3.8, 4) is 11.4 Å². The first-order chi connectivity index (χ1) is 11.8. The second kappa shape index (κ2) is 6.30. The molecule has 2 fully saturated rings. The van der Waals surface area contributed by atoms with Crippen molar-refractivity contribution in [1.29, 1.82) is 0 Å². The molecule has 0 bridgehead atoms. The summed E-state index contributed by atoms with van der Waals surface area (Å²) in [6.07, 6.45) is 8.69. The fourth-order valence-electron chi connectivity index (χ4n) is 3.66. The number of benzene rings is 1. The second-order valence-electron chi connectivity index (χ2n) is 6.71. The number of hydrogen-bond donors (Lipinski definition) is 0. The molecule has 4 rings (SSSR count). The number of aromatic nitrogens is 2. The average molecular weight is 325 g/mol. The number of ether oxygens (including phenoxy) is 1. The highest BCUT2D eigenvalue weighted by atomic mass is 16.5. The van der Waals surface area contributed by atoms with E-state index in [1.807, 2.05) is 30.3 Å². The van der Waals surface area contributed by atoms with E-state index in [9.17, 15) is 4.79 Å². The number of rotatable bonds is 5. The fourth-order valence-corrected chi connectivity index (χ4v) is 3.66. The summed E-state index contributed by atoms with van der Waals surface area (Å²) in [5, 5.41) is 4.55. The molecular formula is C19H23N3O2. The summed E-state index contributed by atoms with van der Waals surface area (Å²) in [6.45, 7) is 0. The maximum Gasteiger partial charge on any atom is 0.278 e. The van der Waals surface area contributed by atoms with Crippen LogP contribution in [0.25, 0.3) is 5.69 Å². The molecule has 0 aliphatic heterocycles. The molecule has 0 radical (unpaired) electrons. The van der Waals surface area contributed by atoms with Gasteiger partial charge in [-0.2, -0.15) is 5.10 Å². The standard InChI is InChI=1S/C19H23N3O2/c1-24-17-13-21(14-7-3-2-4-8-14)20-18(17)19(23)22(16-11-12-16)15-9-5-6-10-15/h2-4,7-8,13,15-16H,5-6,9-12H2,1H3. The summed E-state index contributed by atoms with van der Waals surface area (Å²) in [5.74, 6) is 0.573. The number of methoxy groups -OCH3 is 1. The molecule has 2 aliphatic carbocycles. The topological polar surface area (TPSA) is 47.4 Å². The third-order valence-electron chi connectivity index (χ3n) is 5.02. The van der Waals surface area contributed by atoms with Gasteiger partial charge in [0.05, 0.1) is 19.0 Å². The molecule has 2 saturated carbocycles. The summed E-state index contributed by atoms with van der Waals surface area (Å²) < 4.78 is 7.18. The Morgan fingerprint density at radius 3 is 2.42 bits per heavy atom. The van der Waals surface area contributed by atoms with Gasteiger partial charge in [0.25, 0.3) is 5.91 Å². The number of hydrogen-bond acceptors (Lipinski definition) is 3. The number of nitrogens with zero attached hydrogens (tertiary/aromatic N) is 3. The maximum atomic E-state index is 13.2. The monoisotopic (exact) mass is 325 g/mol. The van der Waals surface area contributed by atoms with Crippen molar-refractivity contribution in [3.05, 3.63) is 42.2 Å². The first-order valence-corrected chi connectivity index (χ1v) is 8.79. The van der Waals surface area contributed by atoms with Crippen LogP contribution < -0.4 is 4.74 Å². The predicted molar refractivity (Wildman–Crippen MR) is 91.6 cm³/mol. The molecular weight excluding hydrogens is 302 g/mol. The zero-order valence-electron chi connectivity index (χ0n) is 14.0. The average Bonchev–Trinajstić information content (AvgIpc) is 3.13. The lowest BCUT2D eigenvalue weighted by atomic mass is 10.2. The quantitative estimate of drug-likeness (QED) is 0.846. The van der Waals surface area contributed by atoms with Gasteiger partial charge >= 0.3 is 0 Å². The van der Waals surface area contributed by atoms with Gasteiger partial charge in [-0.15, -0.1) is 0 Å². The van der Waals surface area contributed by atoms with Gasteiger partial charge in [0.15, 0.2) is 11.4 Å². The molecule has 24 heavy (non-hydrogen) atoms. The lowest BCUT2D eigenvalue weighted by Crippen LogP contribution is -2.41. The molecule has 1 aromatic carbocycles. The van der Waals surface area contributed by atoms with Gasteiger partial charge in [0.1, 0.15) is 0 Å². The van der Waals surface area contributed by atoms with Crippen molar-refractivity contribution in [2.24, 2.45) is 0 Å². The van der Waals surface area contributed by atoms with Crippen molar-refractivity contribution in [2.45, 2.75) is 50.6 Å². The minimum atomic E-state index is 0.0240. The van der Waals surface area contributed by atoms with E-state index >= 15 is 0 Å². The zero-order chi connectivity index (χ0) is 16.5. The molecule has 1 aromatic heterocycles. The van der Waals surface area contributed by atoms with Crippen LogP contribution in [0.5, 0.6) is 5.75 Å². The lowest BCUT2D eigenvalue weighted by molar-refractivity contribution is 0.0654. The highest BCUT2D eigenvalue weighted by molar-refractivity contribution is 5.95. The van der Waals surface area contributed by atoms with Crippen LogP contribution in [0.1, 0.15) is 49.0 Å². The molecule has 5 nitrogen and oxygen atoms in total. The second-order valence-corrected chi connectivity index (χ2v) is 6.71. The molecule has 0 spiro atoms. The maximum absolute atomic E-state index is 13.2. The molecule has 126 valence electrons. The highest BCUT2D eigenvalue weighted by Gasteiger charge is 2.40. The molecule has 0 N–H and O–H groups in total. The number of para-hydroxylation sites is 1. The van der Waals surface area contributed by atoms with Crippen LogP contribution in [0.3, 0.4) is 0 Å². The van der Waals surface area contributed by atoms with E-state index in [0.29, 0.717) is 23.5 Å². The highest BCUT2D eigenvalue weighted by Crippen LogP contribution is 2.36. The fraction of sp³-hybridized carbons (Fsp3) is 0.474. The Hall–Kier alpha value is -2.30. The van der Waals surface area contributed by atoms with Crippen LogP contribution in [0.2, 0.25) is 0 Å². The number of carbonyl (C=O) groups excluding carboxylic acids is 1. The molecule has 2 aliphatic rings.